The monoisotopic (exact) mass is 360 g/mol. The lowest BCUT2D eigenvalue weighted by Crippen LogP contribution is -2.29. The van der Waals surface area contributed by atoms with Crippen molar-refractivity contribution in [2.24, 2.45) is 0 Å². The summed E-state index contributed by atoms with van der Waals surface area (Å²) in [5, 5.41) is 13.6. The Morgan fingerprint density at radius 1 is 1.04 bits per heavy atom. The number of rotatable bonds is 6. The fourth-order valence-corrected chi connectivity index (χ4v) is 6.84. The van der Waals surface area contributed by atoms with E-state index in [1.807, 2.05) is 12.1 Å². The third-order valence-electron chi connectivity index (χ3n) is 4.97. The third kappa shape index (κ3) is 3.84. The Kier molecular flexibility index (Phi) is 6.46. The SMILES string of the molecule is CCC(CC)(Pc1c(C)cccc1P(C)C)c1cc(C)ccc1O. The van der Waals surface area contributed by atoms with E-state index in [1.165, 1.54) is 21.7 Å². The highest BCUT2D eigenvalue weighted by molar-refractivity contribution is 7.66. The first-order chi connectivity index (χ1) is 11.3. The smallest absolute Gasteiger partial charge is 0.119 e. The van der Waals surface area contributed by atoms with Crippen molar-refractivity contribution >= 4 is 27.1 Å². The van der Waals surface area contributed by atoms with Gasteiger partial charge in [0.2, 0.25) is 0 Å². The van der Waals surface area contributed by atoms with Gasteiger partial charge in [-0.2, -0.15) is 0 Å². The number of aromatic hydroxyl groups is 1. The fraction of sp³-hybridized carbons (Fsp3) is 0.429. The first kappa shape index (κ1) is 19.4. The molecule has 0 heterocycles. The zero-order valence-corrected chi connectivity index (χ0v) is 17.7. The van der Waals surface area contributed by atoms with Crippen LogP contribution in [0.1, 0.15) is 43.4 Å². The molecule has 0 fully saturated rings. The van der Waals surface area contributed by atoms with Gasteiger partial charge < -0.3 is 5.11 Å². The van der Waals surface area contributed by atoms with Gasteiger partial charge in [-0.1, -0.05) is 66.2 Å². The zero-order chi connectivity index (χ0) is 17.9. The van der Waals surface area contributed by atoms with Crippen LogP contribution in [0.3, 0.4) is 0 Å². The largest absolute Gasteiger partial charge is 0.508 e. The minimum atomic E-state index is -0.134. The molecule has 0 bridgehead atoms. The first-order valence-electron chi connectivity index (χ1n) is 8.70. The Morgan fingerprint density at radius 2 is 1.71 bits per heavy atom. The minimum Gasteiger partial charge on any atom is -0.508 e. The van der Waals surface area contributed by atoms with Crippen LogP contribution in [0, 0.1) is 13.8 Å². The third-order valence-corrected chi connectivity index (χ3v) is 8.89. The van der Waals surface area contributed by atoms with Crippen LogP contribution in [0.5, 0.6) is 5.75 Å². The molecule has 1 atom stereocenters. The normalized spacial score (nSPS) is 12.5. The van der Waals surface area contributed by atoms with E-state index in [0.29, 0.717) is 14.3 Å². The molecule has 1 nitrogen and oxygen atoms in total. The molecule has 0 saturated heterocycles. The van der Waals surface area contributed by atoms with E-state index in [9.17, 15) is 5.11 Å². The van der Waals surface area contributed by atoms with Gasteiger partial charge in [0.1, 0.15) is 5.75 Å². The number of benzene rings is 2. The van der Waals surface area contributed by atoms with E-state index in [0.717, 1.165) is 18.4 Å². The summed E-state index contributed by atoms with van der Waals surface area (Å²) in [5.41, 5.74) is 3.73. The molecule has 24 heavy (non-hydrogen) atoms. The standard InChI is InChI=1S/C21H30OP2/c1-7-21(8-2,17-14-15(3)12-13-18(17)22)23-20-16(4)10-9-11-19(20)24(5)6/h9-14,22-23H,7-8H2,1-6H3. The molecule has 0 amide bonds. The Morgan fingerprint density at radius 3 is 2.29 bits per heavy atom. The van der Waals surface area contributed by atoms with Gasteiger partial charge in [0.25, 0.3) is 0 Å². The number of hydrogen-bond donors (Lipinski definition) is 1. The average molecular weight is 360 g/mol. The highest BCUT2D eigenvalue weighted by Gasteiger charge is 2.33. The van der Waals surface area contributed by atoms with E-state index in [2.05, 4.69) is 65.3 Å². The summed E-state index contributed by atoms with van der Waals surface area (Å²) >= 11 is 0. The quantitative estimate of drug-likeness (QED) is 0.684. The zero-order valence-electron chi connectivity index (χ0n) is 15.8. The first-order valence-corrected chi connectivity index (χ1v) is 11.9. The van der Waals surface area contributed by atoms with Crippen LogP contribution in [0.4, 0.5) is 0 Å². The molecule has 0 aliphatic heterocycles. The average Bonchev–Trinajstić information content (AvgIpc) is 2.56. The lowest BCUT2D eigenvalue weighted by atomic mass is 9.91. The summed E-state index contributed by atoms with van der Waals surface area (Å²) in [4.78, 5) is 0. The molecule has 2 rings (SSSR count). The predicted octanol–water partition coefficient (Wildman–Crippen LogP) is 5.40. The van der Waals surface area contributed by atoms with Gasteiger partial charge >= 0.3 is 0 Å². The summed E-state index contributed by atoms with van der Waals surface area (Å²) in [6.45, 7) is 13.5. The van der Waals surface area contributed by atoms with Crippen LogP contribution in [-0.4, -0.2) is 18.4 Å². The van der Waals surface area contributed by atoms with E-state index in [4.69, 9.17) is 0 Å². The summed E-state index contributed by atoms with van der Waals surface area (Å²) in [5.74, 6) is 0.446. The van der Waals surface area contributed by atoms with Gasteiger partial charge in [0.05, 0.1) is 0 Å². The minimum absolute atomic E-state index is 0.0162. The van der Waals surface area contributed by atoms with Gasteiger partial charge in [0, 0.05) is 10.7 Å². The summed E-state index contributed by atoms with van der Waals surface area (Å²) in [6, 6.07) is 12.8. The summed E-state index contributed by atoms with van der Waals surface area (Å²) in [6.07, 6.45) is 2.08. The Labute approximate surface area is 150 Å². The van der Waals surface area contributed by atoms with Crippen LogP contribution in [0.2, 0.25) is 0 Å². The highest BCUT2D eigenvalue weighted by Crippen LogP contribution is 2.50. The molecule has 130 valence electrons. The molecule has 0 saturated carbocycles. The molecular weight excluding hydrogens is 330 g/mol. The molecule has 1 unspecified atom stereocenters. The molecule has 0 aliphatic carbocycles. The van der Waals surface area contributed by atoms with Gasteiger partial charge in [-0.25, -0.2) is 0 Å². The van der Waals surface area contributed by atoms with E-state index in [-0.39, 0.29) is 13.1 Å². The maximum absolute atomic E-state index is 10.6. The van der Waals surface area contributed by atoms with Crippen molar-refractivity contribution in [2.75, 3.05) is 13.3 Å². The maximum Gasteiger partial charge on any atom is 0.119 e. The van der Waals surface area contributed by atoms with Crippen molar-refractivity contribution in [3.05, 3.63) is 53.1 Å². The van der Waals surface area contributed by atoms with Crippen molar-refractivity contribution in [1.82, 2.24) is 0 Å². The van der Waals surface area contributed by atoms with Crippen molar-refractivity contribution in [1.29, 1.82) is 0 Å². The Balaban J connectivity index is 2.60. The molecule has 2 aromatic carbocycles. The van der Waals surface area contributed by atoms with Crippen LogP contribution in [0.25, 0.3) is 0 Å². The van der Waals surface area contributed by atoms with Crippen LogP contribution >= 0.6 is 16.5 Å². The topological polar surface area (TPSA) is 20.2 Å². The maximum atomic E-state index is 10.6. The van der Waals surface area contributed by atoms with E-state index in [1.54, 1.807) is 0 Å². The second kappa shape index (κ2) is 7.99. The van der Waals surface area contributed by atoms with Crippen molar-refractivity contribution in [3.63, 3.8) is 0 Å². The number of phenols is 1. The molecule has 0 aromatic heterocycles. The highest BCUT2D eigenvalue weighted by atomic mass is 31.1. The molecule has 1 N–H and O–H groups in total. The second-order valence-electron chi connectivity index (χ2n) is 6.80. The van der Waals surface area contributed by atoms with Crippen molar-refractivity contribution < 1.29 is 5.11 Å². The van der Waals surface area contributed by atoms with Crippen LogP contribution in [-0.2, 0) is 5.16 Å². The van der Waals surface area contributed by atoms with Gasteiger partial charge in [0.15, 0.2) is 0 Å². The molecular formula is C21H30OP2. The summed E-state index contributed by atoms with van der Waals surface area (Å²) < 4.78 is 0. The number of phenolic OH excluding ortho intramolecular Hbond substituents is 1. The number of hydrogen-bond acceptors (Lipinski definition) is 1. The molecule has 0 spiro atoms. The van der Waals surface area contributed by atoms with E-state index < -0.39 is 0 Å². The molecule has 0 radical (unpaired) electrons. The van der Waals surface area contributed by atoms with E-state index >= 15 is 0 Å². The van der Waals surface area contributed by atoms with Crippen LogP contribution in [0.15, 0.2) is 36.4 Å². The Hall–Kier alpha value is -0.900. The fourth-order valence-electron chi connectivity index (χ4n) is 3.34. The second-order valence-corrected chi connectivity index (χ2v) is 10.8. The van der Waals surface area contributed by atoms with Gasteiger partial charge in [-0.05, 0) is 62.3 Å². The van der Waals surface area contributed by atoms with Crippen LogP contribution < -0.4 is 10.6 Å². The predicted molar refractivity (Wildman–Crippen MR) is 113 cm³/mol. The lowest BCUT2D eigenvalue weighted by molar-refractivity contribution is 0.448. The molecule has 2 aromatic rings. The van der Waals surface area contributed by atoms with Crippen molar-refractivity contribution in [3.8, 4) is 5.75 Å². The summed E-state index contributed by atoms with van der Waals surface area (Å²) in [7, 11) is 0.549. The Bertz CT molecular complexity index is 703. The molecule has 0 aliphatic rings. The van der Waals surface area contributed by atoms with Gasteiger partial charge in [-0.3, -0.25) is 0 Å². The number of aryl methyl sites for hydroxylation is 2. The lowest BCUT2D eigenvalue weighted by Gasteiger charge is -2.35. The van der Waals surface area contributed by atoms with Gasteiger partial charge in [-0.15, -0.1) is 0 Å². The molecule has 3 heteroatoms. The van der Waals surface area contributed by atoms with Crippen molar-refractivity contribution in [2.45, 2.75) is 45.7 Å².